The topological polar surface area (TPSA) is 17.1 Å². The first-order valence-electron chi connectivity index (χ1n) is 1.37. The van der Waals surface area contributed by atoms with Gasteiger partial charge < -0.3 is 0 Å². The highest BCUT2D eigenvalue weighted by molar-refractivity contribution is 7.80. The lowest BCUT2D eigenvalue weighted by Crippen LogP contribution is -1.70. The molecule has 0 atom stereocenters. The van der Waals surface area contributed by atoms with Crippen molar-refractivity contribution in [3.63, 3.8) is 0 Å². The molecule has 0 aliphatic rings. The van der Waals surface area contributed by atoms with E-state index in [0.29, 0.717) is 12.2 Å². The lowest BCUT2D eigenvalue weighted by Gasteiger charge is -1.66. The minimum atomic E-state index is 0.448. The quantitative estimate of drug-likeness (QED) is 0.485. The SMILES string of the molecule is O=[C]CCS. The molecule has 0 fully saturated rings. The molecule has 1 radical (unpaired) electrons. The molecular formula is C3H5OS. The number of hydrogen-bond acceptors (Lipinski definition) is 2. The van der Waals surface area contributed by atoms with Crippen molar-refractivity contribution >= 4 is 18.9 Å². The second kappa shape index (κ2) is 4.02. The van der Waals surface area contributed by atoms with E-state index < -0.39 is 0 Å². The second-order valence-corrected chi connectivity index (χ2v) is 1.07. The smallest absolute Gasteiger partial charge is 0.199 e. The van der Waals surface area contributed by atoms with Gasteiger partial charge in [-0.2, -0.15) is 12.6 Å². The van der Waals surface area contributed by atoms with Crippen LogP contribution in [-0.2, 0) is 4.79 Å². The van der Waals surface area contributed by atoms with Gasteiger partial charge in [0.05, 0.1) is 0 Å². The fourth-order valence-electron chi connectivity index (χ4n) is 0.0456. The Morgan fingerprint density at radius 1 is 1.80 bits per heavy atom. The molecule has 0 heterocycles. The summed E-state index contributed by atoms with van der Waals surface area (Å²) in [6.45, 7) is 0. The third-order valence-electron chi connectivity index (χ3n) is 0.214. The molecular weight excluding hydrogens is 84.1 g/mol. The first kappa shape index (κ1) is 5.02. The Morgan fingerprint density at radius 2 is 2.40 bits per heavy atom. The van der Waals surface area contributed by atoms with Gasteiger partial charge >= 0.3 is 0 Å². The van der Waals surface area contributed by atoms with Gasteiger partial charge in [-0.3, -0.25) is 4.79 Å². The van der Waals surface area contributed by atoms with Gasteiger partial charge in [0.15, 0.2) is 6.29 Å². The normalized spacial score (nSPS) is 7.40. The van der Waals surface area contributed by atoms with Crippen LogP contribution in [-0.4, -0.2) is 12.0 Å². The van der Waals surface area contributed by atoms with Gasteiger partial charge in [-0.05, 0) is 5.75 Å². The monoisotopic (exact) mass is 89.0 g/mol. The van der Waals surface area contributed by atoms with Gasteiger partial charge in [0, 0.05) is 6.42 Å². The molecule has 0 spiro atoms. The van der Waals surface area contributed by atoms with Gasteiger partial charge in [-0.15, -0.1) is 0 Å². The van der Waals surface area contributed by atoms with E-state index in [2.05, 4.69) is 12.6 Å². The maximum atomic E-state index is 9.23. The lowest BCUT2D eigenvalue weighted by molar-refractivity contribution is 0.554. The Balaban J connectivity index is 2.40. The minimum absolute atomic E-state index is 0.448. The second-order valence-electron chi connectivity index (χ2n) is 0.618. The number of thiol groups is 1. The van der Waals surface area contributed by atoms with Gasteiger partial charge in [0.25, 0.3) is 0 Å². The zero-order valence-corrected chi connectivity index (χ0v) is 3.66. The van der Waals surface area contributed by atoms with E-state index in [1.807, 2.05) is 0 Å². The fraction of sp³-hybridized carbons (Fsp3) is 0.667. The first-order valence-corrected chi connectivity index (χ1v) is 2.01. The molecule has 5 heavy (non-hydrogen) atoms. The van der Waals surface area contributed by atoms with Crippen molar-refractivity contribution < 1.29 is 4.79 Å². The van der Waals surface area contributed by atoms with Crippen LogP contribution in [0.15, 0.2) is 0 Å². The lowest BCUT2D eigenvalue weighted by atomic mass is 10.6. The molecule has 0 saturated heterocycles. The Morgan fingerprint density at radius 3 is 2.40 bits per heavy atom. The molecule has 0 amide bonds. The van der Waals surface area contributed by atoms with Crippen LogP contribution in [0.4, 0.5) is 0 Å². The zero-order chi connectivity index (χ0) is 4.12. The van der Waals surface area contributed by atoms with Crippen molar-refractivity contribution in [2.45, 2.75) is 6.42 Å². The van der Waals surface area contributed by atoms with E-state index in [0.717, 1.165) is 0 Å². The predicted molar refractivity (Wildman–Crippen MR) is 24.2 cm³/mol. The molecule has 0 aliphatic heterocycles. The van der Waals surface area contributed by atoms with E-state index in [1.165, 1.54) is 0 Å². The molecule has 0 aromatic carbocycles. The van der Waals surface area contributed by atoms with Crippen molar-refractivity contribution in [2.24, 2.45) is 0 Å². The summed E-state index contributed by atoms with van der Waals surface area (Å²) in [4.78, 5) is 9.23. The summed E-state index contributed by atoms with van der Waals surface area (Å²) in [6.07, 6.45) is 2.14. The molecule has 0 N–H and O–H groups in total. The number of rotatable bonds is 2. The summed E-state index contributed by atoms with van der Waals surface area (Å²) in [7, 11) is 0. The van der Waals surface area contributed by atoms with E-state index in [1.54, 1.807) is 6.29 Å². The Bertz CT molecular complexity index is 28.1. The highest BCUT2D eigenvalue weighted by atomic mass is 32.1. The molecule has 0 saturated carbocycles. The van der Waals surface area contributed by atoms with Gasteiger partial charge in [-0.1, -0.05) is 0 Å². The van der Waals surface area contributed by atoms with Crippen LogP contribution in [0, 0.1) is 0 Å². The number of carbonyl (C=O) groups excluding carboxylic acids is 1. The van der Waals surface area contributed by atoms with Crippen LogP contribution < -0.4 is 0 Å². The highest BCUT2D eigenvalue weighted by Gasteiger charge is 1.69. The largest absolute Gasteiger partial charge is 0.291 e. The van der Waals surface area contributed by atoms with Crippen molar-refractivity contribution in [1.82, 2.24) is 0 Å². The van der Waals surface area contributed by atoms with Gasteiger partial charge in [-0.25, -0.2) is 0 Å². The Labute approximate surface area is 36.8 Å². The Kier molecular flexibility index (Phi) is 4.04. The maximum absolute atomic E-state index is 9.23. The summed E-state index contributed by atoms with van der Waals surface area (Å²) < 4.78 is 0. The molecule has 0 bridgehead atoms. The molecule has 0 unspecified atom stereocenters. The molecule has 29 valence electrons. The van der Waals surface area contributed by atoms with Crippen molar-refractivity contribution in [3.8, 4) is 0 Å². The first-order chi connectivity index (χ1) is 2.41. The Hall–Kier alpha value is 0.0200. The van der Waals surface area contributed by atoms with E-state index in [-0.39, 0.29) is 0 Å². The van der Waals surface area contributed by atoms with Crippen molar-refractivity contribution in [2.75, 3.05) is 5.75 Å². The molecule has 0 aliphatic carbocycles. The average molecular weight is 89.1 g/mol. The van der Waals surface area contributed by atoms with Gasteiger partial charge in [0.2, 0.25) is 0 Å². The van der Waals surface area contributed by atoms with Crippen LogP contribution in [0.5, 0.6) is 0 Å². The minimum Gasteiger partial charge on any atom is -0.291 e. The zero-order valence-electron chi connectivity index (χ0n) is 2.77. The maximum Gasteiger partial charge on any atom is 0.199 e. The van der Waals surface area contributed by atoms with Crippen LogP contribution in [0.2, 0.25) is 0 Å². The van der Waals surface area contributed by atoms with Crippen LogP contribution in [0.25, 0.3) is 0 Å². The van der Waals surface area contributed by atoms with Crippen molar-refractivity contribution in [1.29, 1.82) is 0 Å². The summed E-state index contributed by atoms with van der Waals surface area (Å²) in [6, 6.07) is 0. The van der Waals surface area contributed by atoms with Crippen LogP contribution in [0.1, 0.15) is 6.42 Å². The van der Waals surface area contributed by atoms with E-state index in [9.17, 15) is 4.79 Å². The van der Waals surface area contributed by atoms with E-state index in [4.69, 9.17) is 0 Å². The third-order valence-corrected chi connectivity index (χ3v) is 0.437. The fourth-order valence-corrected chi connectivity index (χ4v) is 0.137. The number of hydrogen-bond donors (Lipinski definition) is 1. The molecule has 0 aromatic heterocycles. The summed E-state index contributed by atoms with van der Waals surface area (Å²) in [5, 5.41) is 0. The van der Waals surface area contributed by atoms with E-state index >= 15 is 0 Å². The molecule has 0 rings (SSSR count). The third kappa shape index (κ3) is 4.02. The van der Waals surface area contributed by atoms with Crippen LogP contribution >= 0.6 is 12.6 Å². The molecule has 2 heteroatoms. The summed E-state index contributed by atoms with van der Waals surface area (Å²) >= 11 is 3.74. The standard InChI is InChI=1S/C3H5OS/c4-2-1-3-5/h5H,1,3H2. The van der Waals surface area contributed by atoms with Crippen molar-refractivity contribution in [3.05, 3.63) is 0 Å². The predicted octanol–water partition coefficient (Wildman–Crippen LogP) is 0.416. The molecule has 0 aromatic rings. The van der Waals surface area contributed by atoms with Crippen LogP contribution in [0.3, 0.4) is 0 Å². The summed E-state index contributed by atoms with van der Waals surface area (Å²) in [5.41, 5.74) is 0. The average Bonchev–Trinajstić information content (AvgIpc) is 1.41. The highest BCUT2D eigenvalue weighted by Crippen LogP contribution is 1.73. The molecule has 1 nitrogen and oxygen atoms in total. The summed E-state index contributed by atoms with van der Waals surface area (Å²) in [5.74, 6) is 0.615. The van der Waals surface area contributed by atoms with Gasteiger partial charge in [0.1, 0.15) is 0 Å².